The molecule has 1 N–H and O–H groups in total. The summed E-state index contributed by atoms with van der Waals surface area (Å²) in [5.41, 5.74) is 1.69. The Labute approximate surface area is 209 Å². The van der Waals surface area contributed by atoms with Crippen LogP contribution in [0.3, 0.4) is 0 Å². The van der Waals surface area contributed by atoms with Gasteiger partial charge in [-0.05, 0) is 79.4 Å². The molecule has 1 aromatic rings. The van der Waals surface area contributed by atoms with Gasteiger partial charge in [-0.1, -0.05) is 31.6 Å². The molecule has 0 spiro atoms. The predicted octanol–water partition coefficient (Wildman–Crippen LogP) is 4.47. The first-order chi connectivity index (χ1) is 16.5. The van der Waals surface area contributed by atoms with Crippen LogP contribution in [0.25, 0.3) is 0 Å². The maximum absolute atomic E-state index is 11.4. The van der Waals surface area contributed by atoms with Crippen LogP contribution in [0.4, 0.5) is 0 Å². The fourth-order valence-electron chi connectivity index (χ4n) is 7.85. The third kappa shape index (κ3) is 5.65. The molecule has 7 atom stereocenters. The van der Waals surface area contributed by atoms with Crippen LogP contribution in [0, 0.1) is 34.5 Å². The van der Waals surface area contributed by atoms with E-state index in [1.807, 2.05) is 30.6 Å². The van der Waals surface area contributed by atoms with Crippen LogP contribution in [0.1, 0.15) is 72.1 Å². The third-order valence-electron chi connectivity index (χ3n) is 9.61. The van der Waals surface area contributed by atoms with Crippen molar-refractivity contribution in [2.45, 2.75) is 78.2 Å². The molecule has 1 heterocycles. The fourth-order valence-corrected chi connectivity index (χ4v) is 8.18. The lowest BCUT2D eigenvalue weighted by molar-refractivity contribution is -0.377. The first-order valence-corrected chi connectivity index (χ1v) is 14.2. The van der Waals surface area contributed by atoms with Crippen molar-refractivity contribution in [1.82, 2.24) is 0 Å². The van der Waals surface area contributed by atoms with Crippen LogP contribution in [-0.4, -0.2) is 31.7 Å². The van der Waals surface area contributed by atoms with Crippen LogP contribution in [0.5, 0.6) is 0 Å². The molecule has 1 aromatic heterocycles. The van der Waals surface area contributed by atoms with Crippen LogP contribution in [0.2, 0.25) is 0 Å². The molecule has 0 bridgehead atoms. The van der Waals surface area contributed by atoms with E-state index in [1.54, 1.807) is 0 Å². The largest absolute Gasteiger partial charge is 0.726 e. The number of hydrogen-bond acceptors (Lipinski definition) is 6. The number of aromatic nitrogens is 1. The van der Waals surface area contributed by atoms with Gasteiger partial charge in [-0.15, -0.1) is 0 Å². The highest BCUT2D eigenvalue weighted by molar-refractivity contribution is 7.80. The highest BCUT2D eigenvalue weighted by atomic mass is 32.3. The fraction of sp³-hybridized carbons (Fsp3) is 0.704. The second-order valence-electron chi connectivity index (χ2n) is 11.3. The summed E-state index contributed by atoms with van der Waals surface area (Å²) in [5.74, 6) is 1.71. The molecule has 0 unspecified atom stereocenters. The minimum Gasteiger partial charge on any atom is -0.726 e. The van der Waals surface area contributed by atoms with E-state index in [4.69, 9.17) is 4.74 Å². The Morgan fingerprint density at radius 2 is 1.83 bits per heavy atom. The number of carbonyl (C=O) groups excluding carboxylic acids is 1. The monoisotopic (exact) mass is 505 g/mol. The Balaban J connectivity index is 0.000000421. The average Bonchev–Trinajstić information content (AvgIpc) is 3.15. The molecule has 0 aliphatic heterocycles. The number of allylic oxidation sites excluding steroid dienone is 1. The lowest BCUT2D eigenvalue weighted by Gasteiger charge is -2.58. The van der Waals surface area contributed by atoms with E-state index >= 15 is 0 Å². The van der Waals surface area contributed by atoms with Crippen molar-refractivity contribution < 1.29 is 31.7 Å². The molecule has 0 amide bonds. The zero-order valence-electron chi connectivity index (χ0n) is 21.1. The van der Waals surface area contributed by atoms with Crippen LogP contribution < -0.4 is 4.98 Å². The number of rotatable bonds is 4. The van der Waals surface area contributed by atoms with Crippen LogP contribution in [-0.2, 0) is 24.1 Å². The molecule has 8 heteroatoms. The first kappa shape index (κ1) is 26.3. The molecule has 35 heavy (non-hydrogen) atoms. The normalized spacial score (nSPS) is 38.1. The number of hydrogen-bond donors (Lipinski definition) is 0. The summed E-state index contributed by atoms with van der Waals surface area (Å²) in [6.45, 7) is 6.20. The number of pyridine rings is 1. The quantitative estimate of drug-likeness (QED) is 0.259. The number of fused-ring (bicyclic) bond motifs is 5. The summed E-state index contributed by atoms with van der Waals surface area (Å²) in [6.07, 6.45) is 14.3. The molecule has 5 rings (SSSR count). The highest BCUT2D eigenvalue weighted by Gasteiger charge is 2.58. The zero-order valence-corrected chi connectivity index (χ0v) is 21.9. The summed E-state index contributed by atoms with van der Waals surface area (Å²) >= 11 is 0. The van der Waals surface area contributed by atoms with Gasteiger partial charge in [0.05, 0.1) is 6.61 Å². The molecule has 194 valence electrons. The van der Waals surface area contributed by atoms with Gasteiger partial charge in [0.2, 0.25) is 10.4 Å². The topological polar surface area (TPSA) is 107 Å². The van der Waals surface area contributed by atoms with Gasteiger partial charge in [-0.3, -0.25) is 8.98 Å². The van der Waals surface area contributed by atoms with Crippen molar-refractivity contribution in [2.75, 3.05) is 6.61 Å². The Morgan fingerprint density at radius 3 is 2.43 bits per heavy atom. The second-order valence-corrected chi connectivity index (χ2v) is 12.4. The lowest BCUT2D eigenvalue weighted by atomic mass is 9.47. The maximum Gasteiger partial charge on any atom is 0.302 e. The Kier molecular flexibility index (Phi) is 7.74. The standard InChI is InChI=1S/C22H34O6S.C5H5N/c1-14(23)28-17-8-10-21(2)15(12-17)4-6-18-19-7-5-16(13-27-29(24,25)26)22(19,3)11-9-20(18)21;1-2-4-6-5-3-1/h4,16-20H,5-13H2,1-3H3,(H,24,25,26);1-5H/t16-,17+,18+,19+,20+,21+,22-;/m1./s1. The van der Waals surface area contributed by atoms with Crippen molar-refractivity contribution in [2.24, 2.45) is 34.5 Å². The molecule has 3 saturated carbocycles. The van der Waals surface area contributed by atoms with E-state index < -0.39 is 10.4 Å². The van der Waals surface area contributed by atoms with Gasteiger partial charge in [0.25, 0.3) is 0 Å². The number of H-pyrrole nitrogens is 1. The number of aromatic amines is 1. The summed E-state index contributed by atoms with van der Waals surface area (Å²) in [4.78, 5) is 14.3. The van der Waals surface area contributed by atoms with E-state index in [9.17, 15) is 17.8 Å². The molecule has 7 nitrogen and oxygen atoms in total. The number of esters is 1. The van der Waals surface area contributed by atoms with Crippen molar-refractivity contribution in [3.8, 4) is 0 Å². The van der Waals surface area contributed by atoms with E-state index in [-0.39, 0.29) is 35.4 Å². The Morgan fingerprint density at radius 1 is 1.09 bits per heavy atom. The smallest absolute Gasteiger partial charge is 0.302 e. The number of ether oxygens (including phenoxy) is 1. The van der Waals surface area contributed by atoms with E-state index in [2.05, 4.69) is 29.1 Å². The van der Waals surface area contributed by atoms with Crippen molar-refractivity contribution >= 4 is 16.4 Å². The zero-order chi connectivity index (χ0) is 25.3. The van der Waals surface area contributed by atoms with E-state index in [1.165, 1.54) is 12.5 Å². The van der Waals surface area contributed by atoms with Crippen molar-refractivity contribution in [3.63, 3.8) is 0 Å². The summed E-state index contributed by atoms with van der Waals surface area (Å²) in [6, 6.07) is 5.86. The average molecular weight is 506 g/mol. The van der Waals surface area contributed by atoms with Gasteiger partial charge < -0.3 is 9.29 Å². The lowest BCUT2D eigenvalue weighted by Crippen LogP contribution is -2.51. The van der Waals surface area contributed by atoms with E-state index in [0.717, 1.165) is 51.4 Å². The van der Waals surface area contributed by atoms with Gasteiger partial charge >= 0.3 is 5.97 Å². The minimum atomic E-state index is -4.63. The minimum absolute atomic E-state index is 0.0132. The third-order valence-corrected chi connectivity index (χ3v) is 10.0. The molecule has 4 aliphatic rings. The van der Waals surface area contributed by atoms with Gasteiger partial charge in [-0.25, -0.2) is 13.4 Å². The summed E-state index contributed by atoms with van der Waals surface area (Å²) < 4.78 is 43.1. The molecule has 4 aliphatic carbocycles. The Bertz CT molecular complexity index is 1000. The second kappa shape index (κ2) is 10.3. The SMILES string of the molecule is CC(=O)O[C@H]1CC[C@@]2(C)C(=CC[C@H]3[C@@H]4CC[C@H](COS(=O)(=O)[O-])[C@@]4(C)CC[C@@H]32)C1.c1cc[nH+]cc1. The van der Waals surface area contributed by atoms with E-state index in [0.29, 0.717) is 17.8 Å². The maximum atomic E-state index is 11.4. The number of carbonyl (C=O) groups is 1. The predicted molar refractivity (Wildman–Crippen MR) is 129 cm³/mol. The first-order valence-electron chi connectivity index (χ1n) is 12.9. The summed E-state index contributed by atoms with van der Waals surface area (Å²) in [5, 5.41) is 0. The van der Waals surface area contributed by atoms with Gasteiger partial charge in [0.15, 0.2) is 12.4 Å². The molecular formula is C27H39NO6S. The highest BCUT2D eigenvalue weighted by Crippen LogP contribution is 2.66. The summed E-state index contributed by atoms with van der Waals surface area (Å²) in [7, 11) is -4.63. The van der Waals surface area contributed by atoms with Gasteiger partial charge in [-0.2, -0.15) is 0 Å². The number of nitrogens with one attached hydrogen (secondary N) is 1. The Hall–Kier alpha value is -1.77. The van der Waals surface area contributed by atoms with Crippen molar-refractivity contribution in [3.05, 3.63) is 42.2 Å². The molecule has 3 fully saturated rings. The molecule has 0 aromatic carbocycles. The molecule has 0 radical (unpaired) electrons. The van der Waals surface area contributed by atoms with Crippen LogP contribution in [0.15, 0.2) is 42.2 Å². The van der Waals surface area contributed by atoms with Gasteiger partial charge in [0.1, 0.15) is 6.10 Å². The van der Waals surface area contributed by atoms with Crippen LogP contribution >= 0.6 is 0 Å². The molecule has 0 saturated heterocycles. The molecular weight excluding hydrogens is 466 g/mol. The van der Waals surface area contributed by atoms with Gasteiger partial charge in [0, 0.05) is 25.5 Å². The van der Waals surface area contributed by atoms with Crippen molar-refractivity contribution in [1.29, 1.82) is 0 Å².